The molecule has 0 fully saturated rings. The van der Waals surface area contributed by atoms with Crippen LogP contribution in [0.4, 0.5) is 0 Å². The largest absolute Gasteiger partial charge is 0.361 e. The van der Waals surface area contributed by atoms with Gasteiger partial charge in [0, 0.05) is 45.3 Å². The number of carbonyl (C=O) groups is 1. The molecule has 6 heteroatoms. The SMILES string of the molecule is O=C(NCC(c1cccs1)c1c[nH]c2ccccc12)c1[nH]c2ccccc2c1Br. The van der Waals surface area contributed by atoms with Gasteiger partial charge in [-0.1, -0.05) is 42.5 Å². The molecule has 144 valence electrons. The molecular weight excluding hydrogens is 446 g/mol. The van der Waals surface area contributed by atoms with Gasteiger partial charge in [-0.2, -0.15) is 0 Å². The van der Waals surface area contributed by atoms with Gasteiger partial charge in [-0.3, -0.25) is 4.79 Å². The van der Waals surface area contributed by atoms with E-state index in [1.54, 1.807) is 11.3 Å². The number of fused-ring (bicyclic) bond motifs is 2. The molecule has 29 heavy (non-hydrogen) atoms. The Morgan fingerprint density at radius 1 is 1.00 bits per heavy atom. The molecule has 1 unspecified atom stereocenters. The first-order valence-corrected chi connectivity index (χ1v) is 11.0. The summed E-state index contributed by atoms with van der Waals surface area (Å²) in [7, 11) is 0. The van der Waals surface area contributed by atoms with E-state index in [-0.39, 0.29) is 11.8 Å². The maximum Gasteiger partial charge on any atom is 0.268 e. The molecule has 0 saturated heterocycles. The molecule has 0 aliphatic carbocycles. The molecule has 5 rings (SSSR count). The van der Waals surface area contributed by atoms with Crippen LogP contribution in [0.25, 0.3) is 21.8 Å². The first kappa shape index (κ1) is 18.2. The number of rotatable bonds is 5. The Morgan fingerprint density at radius 3 is 2.52 bits per heavy atom. The smallest absolute Gasteiger partial charge is 0.268 e. The highest BCUT2D eigenvalue weighted by molar-refractivity contribution is 9.10. The zero-order valence-corrected chi connectivity index (χ0v) is 17.8. The van der Waals surface area contributed by atoms with Crippen molar-refractivity contribution in [2.75, 3.05) is 6.54 Å². The summed E-state index contributed by atoms with van der Waals surface area (Å²) in [6, 6.07) is 20.3. The van der Waals surface area contributed by atoms with Gasteiger partial charge in [0.2, 0.25) is 0 Å². The molecule has 3 aromatic heterocycles. The van der Waals surface area contributed by atoms with Crippen LogP contribution >= 0.6 is 27.3 Å². The van der Waals surface area contributed by atoms with E-state index in [9.17, 15) is 4.79 Å². The van der Waals surface area contributed by atoms with Gasteiger partial charge in [0.15, 0.2) is 0 Å². The molecule has 0 spiro atoms. The van der Waals surface area contributed by atoms with Gasteiger partial charge >= 0.3 is 0 Å². The van der Waals surface area contributed by atoms with Gasteiger partial charge < -0.3 is 15.3 Å². The summed E-state index contributed by atoms with van der Waals surface area (Å²) in [5, 5.41) is 7.40. The van der Waals surface area contributed by atoms with Crippen molar-refractivity contribution in [3.8, 4) is 0 Å². The monoisotopic (exact) mass is 463 g/mol. The average molecular weight is 464 g/mol. The molecule has 2 aromatic carbocycles. The lowest BCUT2D eigenvalue weighted by molar-refractivity contribution is 0.0947. The number of aromatic amines is 2. The van der Waals surface area contributed by atoms with E-state index in [2.05, 4.69) is 67.1 Å². The average Bonchev–Trinajstić information content (AvgIpc) is 3.48. The molecule has 0 radical (unpaired) electrons. The van der Waals surface area contributed by atoms with E-state index >= 15 is 0 Å². The zero-order valence-electron chi connectivity index (χ0n) is 15.4. The Labute approximate surface area is 180 Å². The Morgan fingerprint density at radius 2 is 1.76 bits per heavy atom. The fraction of sp³-hybridized carbons (Fsp3) is 0.0870. The van der Waals surface area contributed by atoms with Crippen molar-refractivity contribution in [1.29, 1.82) is 0 Å². The Hall–Kier alpha value is -2.83. The molecule has 1 atom stereocenters. The normalized spacial score (nSPS) is 12.4. The minimum atomic E-state index is -0.116. The summed E-state index contributed by atoms with van der Waals surface area (Å²) in [6.07, 6.45) is 2.06. The number of carbonyl (C=O) groups excluding carboxylic acids is 1. The summed E-state index contributed by atoms with van der Waals surface area (Å²) in [5.74, 6) is -0.0345. The molecule has 1 amide bonds. The van der Waals surface area contributed by atoms with Gasteiger partial charge in [-0.05, 0) is 45.1 Å². The van der Waals surface area contributed by atoms with Crippen LogP contribution in [-0.4, -0.2) is 22.4 Å². The minimum Gasteiger partial charge on any atom is -0.361 e. The molecule has 0 saturated carbocycles. The molecule has 4 nitrogen and oxygen atoms in total. The van der Waals surface area contributed by atoms with Crippen LogP contribution in [-0.2, 0) is 0 Å². The van der Waals surface area contributed by atoms with E-state index < -0.39 is 0 Å². The van der Waals surface area contributed by atoms with Crippen LogP contribution in [0.15, 0.2) is 76.7 Å². The molecule has 0 bridgehead atoms. The predicted molar refractivity (Wildman–Crippen MR) is 123 cm³/mol. The standard InChI is InChI=1S/C23H18BrN3OS/c24-21-15-7-2-4-9-19(15)27-22(21)23(28)26-13-17(20-10-5-11-29-20)16-12-25-18-8-3-1-6-14(16)18/h1-12,17,25,27H,13H2,(H,26,28). The summed E-state index contributed by atoms with van der Waals surface area (Å²) >= 11 is 5.28. The predicted octanol–water partition coefficient (Wildman–Crippen LogP) is 6.04. The molecule has 5 aromatic rings. The summed E-state index contributed by atoms with van der Waals surface area (Å²) < 4.78 is 0.797. The molecule has 3 heterocycles. The highest BCUT2D eigenvalue weighted by Crippen LogP contribution is 2.33. The van der Waals surface area contributed by atoms with Crippen LogP contribution in [0.3, 0.4) is 0 Å². The number of para-hydroxylation sites is 2. The van der Waals surface area contributed by atoms with Gasteiger partial charge in [0.25, 0.3) is 5.91 Å². The topological polar surface area (TPSA) is 60.7 Å². The Bertz CT molecular complexity index is 1300. The van der Waals surface area contributed by atoms with Crippen molar-refractivity contribution in [2.45, 2.75) is 5.92 Å². The first-order valence-electron chi connectivity index (χ1n) is 9.36. The number of H-pyrrole nitrogens is 2. The van der Waals surface area contributed by atoms with E-state index in [1.807, 2.05) is 36.4 Å². The van der Waals surface area contributed by atoms with Crippen LogP contribution in [0.5, 0.6) is 0 Å². The molecule has 0 aliphatic rings. The second-order valence-electron chi connectivity index (χ2n) is 6.93. The maximum atomic E-state index is 13.0. The van der Waals surface area contributed by atoms with E-state index in [1.165, 1.54) is 15.8 Å². The van der Waals surface area contributed by atoms with E-state index in [0.717, 1.165) is 20.9 Å². The van der Waals surface area contributed by atoms with Crippen molar-refractivity contribution < 1.29 is 4.79 Å². The summed E-state index contributed by atoms with van der Waals surface area (Å²) in [5.41, 5.74) is 3.79. The minimum absolute atomic E-state index is 0.0817. The molecular formula is C23H18BrN3OS. The lowest BCUT2D eigenvalue weighted by Crippen LogP contribution is -2.29. The number of aromatic nitrogens is 2. The third-order valence-electron chi connectivity index (χ3n) is 5.22. The zero-order chi connectivity index (χ0) is 19.8. The van der Waals surface area contributed by atoms with Gasteiger partial charge in [0.05, 0.1) is 4.47 Å². The molecule has 3 N–H and O–H groups in total. The highest BCUT2D eigenvalue weighted by Gasteiger charge is 2.22. The summed E-state index contributed by atoms with van der Waals surface area (Å²) in [4.78, 5) is 20.8. The second-order valence-corrected chi connectivity index (χ2v) is 8.70. The number of hydrogen-bond acceptors (Lipinski definition) is 2. The first-order chi connectivity index (χ1) is 14.2. The number of nitrogens with one attached hydrogen (secondary N) is 3. The Kier molecular flexibility index (Phi) is 4.73. The third-order valence-corrected chi connectivity index (χ3v) is 7.03. The Balaban J connectivity index is 1.45. The fourth-order valence-electron chi connectivity index (χ4n) is 3.78. The van der Waals surface area contributed by atoms with Crippen LogP contribution in [0.2, 0.25) is 0 Å². The summed E-state index contributed by atoms with van der Waals surface area (Å²) in [6.45, 7) is 0.517. The van der Waals surface area contributed by atoms with Crippen molar-refractivity contribution in [2.24, 2.45) is 0 Å². The van der Waals surface area contributed by atoms with Crippen molar-refractivity contribution in [1.82, 2.24) is 15.3 Å². The molecule has 0 aliphatic heterocycles. The number of amides is 1. The lowest BCUT2D eigenvalue weighted by Gasteiger charge is -2.16. The van der Waals surface area contributed by atoms with Gasteiger partial charge in [0.1, 0.15) is 5.69 Å². The van der Waals surface area contributed by atoms with Crippen LogP contribution < -0.4 is 5.32 Å². The second kappa shape index (κ2) is 7.54. The van der Waals surface area contributed by atoms with Crippen molar-refractivity contribution in [3.05, 3.63) is 92.8 Å². The highest BCUT2D eigenvalue weighted by atomic mass is 79.9. The number of halogens is 1. The fourth-order valence-corrected chi connectivity index (χ4v) is 5.25. The van der Waals surface area contributed by atoms with E-state index in [4.69, 9.17) is 0 Å². The van der Waals surface area contributed by atoms with Crippen LogP contribution in [0, 0.1) is 0 Å². The third kappa shape index (κ3) is 3.28. The van der Waals surface area contributed by atoms with Gasteiger partial charge in [-0.15, -0.1) is 11.3 Å². The number of benzene rings is 2. The van der Waals surface area contributed by atoms with Gasteiger partial charge in [-0.25, -0.2) is 0 Å². The maximum absolute atomic E-state index is 13.0. The van der Waals surface area contributed by atoms with Crippen molar-refractivity contribution in [3.63, 3.8) is 0 Å². The van der Waals surface area contributed by atoms with Crippen LogP contribution in [0.1, 0.15) is 26.8 Å². The number of hydrogen-bond donors (Lipinski definition) is 3. The van der Waals surface area contributed by atoms with Crippen molar-refractivity contribution >= 4 is 55.0 Å². The van der Waals surface area contributed by atoms with E-state index in [0.29, 0.717) is 12.2 Å². The number of thiophene rings is 1. The quantitative estimate of drug-likeness (QED) is 0.292. The lowest BCUT2D eigenvalue weighted by atomic mass is 9.96.